The van der Waals surface area contributed by atoms with Crippen LogP contribution in [0.25, 0.3) is 22.3 Å². The number of benzene rings is 2. The molecule has 4 aromatic heterocycles. The normalized spacial score (nSPS) is 12.9. The van der Waals surface area contributed by atoms with Gasteiger partial charge in [0, 0.05) is 49.2 Å². The molecule has 7 rings (SSSR count). The van der Waals surface area contributed by atoms with Crippen molar-refractivity contribution in [3.05, 3.63) is 94.5 Å². The Labute approximate surface area is 450 Å². The van der Waals surface area contributed by atoms with Crippen molar-refractivity contribution in [1.29, 1.82) is 0 Å². The molecule has 0 unspecified atom stereocenters. The topological polar surface area (TPSA) is 231 Å². The number of para-hydroxylation sites is 1. The second-order valence-electron chi connectivity index (χ2n) is 18.1. The molecule has 6 aromatic rings. The predicted octanol–water partition coefficient (Wildman–Crippen LogP) is 6.49. The van der Waals surface area contributed by atoms with E-state index >= 15 is 8.78 Å². The van der Waals surface area contributed by atoms with Gasteiger partial charge in [0.1, 0.15) is 22.9 Å². The number of hydrogen-bond acceptors (Lipinski definition) is 18. The third-order valence-electron chi connectivity index (χ3n) is 12.1. The standard InChI is InChI=1S/C53H68F2N12O9S/c1-35(2)67-38(5)60-50-42(54)30-39(31-45(50)67)49-43(55)33-58-52(63-49)62-46-11-10-40(32-57-46)66-16-14-65(15-17-66)34-48(69)56-13-19-72-21-23-74-25-27-76-29-28-75-26-24-73-22-20-71-18-12-47(68)61-44-9-7-6-8-41(44)51(70)64-53-59-36(3)37(4)77-53/h6-11,30-33,35H,12-29,34H2,1-5H3,(H,56,69)(H,61,68)(H,59,64,70)(H,57,58,62,63). The van der Waals surface area contributed by atoms with Crippen LogP contribution in [0.15, 0.2) is 60.9 Å². The van der Waals surface area contributed by atoms with Crippen molar-refractivity contribution < 1.29 is 51.6 Å². The number of amides is 3. The summed E-state index contributed by atoms with van der Waals surface area (Å²) in [5, 5.41) is 12.0. The van der Waals surface area contributed by atoms with Gasteiger partial charge < -0.3 is 53.8 Å². The van der Waals surface area contributed by atoms with Gasteiger partial charge in [0.25, 0.3) is 5.91 Å². The molecule has 5 heterocycles. The number of aromatic nitrogens is 6. The van der Waals surface area contributed by atoms with Gasteiger partial charge >= 0.3 is 0 Å². The summed E-state index contributed by atoms with van der Waals surface area (Å²) in [7, 11) is 0. The Morgan fingerprint density at radius 2 is 1.35 bits per heavy atom. The van der Waals surface area contributed by atoms with E-state index in [0.29, 0.717) is 139 Å². The van der Waals surface area contributed by atoms with E-state index in [2.05, 4.69) is 56.0 Å². The predicted molar refractivity (Wildman–Crippen MR) is 289 cm³/mol. The Bertz CT molecular complexity index is 2850. The molecule has 21 nitrogen and oxygen atoms in total. The SMILES string of the molecule is Cc1nc(NC(=O)c2ccccc2NC(=O)CCOCCOCCOCCOCCOCCOCCNC(=O)CN2CCN(c3ccc(Nc4ncc(F)c(-c5cc(F)c6nc(C)n(C(C)C)c6c5)n4)nc3)CC2)sc1C. The smallest absolute Gasteiger partial charge is 0.259 e. The summed E-state index contributed by atoms with van der Waals surface area (Å²) in [4.78, 5) is 65.0. The molecule has 0 radical (unpaired) electrons. The molecule has 2 aromatic carbocycles. The van der Waals surface area contributed by atoms with Crippen LogP contribution in [-0.2, 0) is 38.0 Å². The van der Waals surface area contributed by atoms with Crippen LogP contribution in [0.3, 0.4) is 0 Å². The Kier molecular flexibility index (Phi) is 22.4. The Hall–Kier alpha value is -6.64. The van der Waals surface area contributed by atoms with Crippen LogP contribution in [0.1, 0.15) is 53.1 Å². The summed E-state index contributed by atoms with van der Waals surface area (Å²) in [5.41, 5.74) is 3.55. The van der Waals surface area contributed by atoms with Crippen molar-refractivity contribution in [2.75, 3.05) is 139 Å². The van der Waals surface area contributed by atoms with E-state index < -0.39 is 11.6 Å². The summed E-state index contributed by atoms with van der Waals surface area (Å²) in [5.74, 6) is -0.693. The fraction of sp³-hybridized carbons (Fsp3) is 0.472. The van der Waals surface area contributed by atoms with Gasteiger partial charge in [-0.1, -0.05) is 12.1 Å². The van der Waals surface area contributed by atoms with Crippen LogP contribution in [0.5, 0.6) is 0 Å². The lowest BCUT2D eigenvalue weighted by molar-refractivity contribution is -0.122. The number of pyridine rings is 1. The fourth-order valence-corrected chi connectivity index (χ4v) is 9.00. The number of anilines is 5. The van der Waals surface area contributed by atoms with E-state index in [4.69, 9.17) is 28.4 Å². The van der Waals surface area contributed by atoms with Crippen molar-refractivity contribution >= 4 is 68.4 Å². The maximum absolute atomic E-state index is 15.2. The van der Waals surface area contributed by atoms with Crippen LogP contribution in [-0.4, -0.2) is 171 Å². The number of thiazole rings is 1. The average molecular weight is 1090 g/mol. The maximum Gasteiger partial charge on any atom is 0.259 e. The summed E-state index contributed by atoms with van der Waals surface area (Å²) in [6.45, 7) is 17.6. The minimum absolute atomic E-state index is 0.0257. The lowest BCUT2D eigenvalue weighted by Gasteiger charge is -2.35. The first-order valence-electron chi connectivity index (χ1n) is 25.6. The molecule has 24 heteroatoms. The molecule has 0 saturated carbocycles. The van der Waals surface area contributed by atoms with Gasteiger partial charge in [-0.05, 0) is 71.0 Å². The van der Waals surface area contributed by atoms with E-state index in [9.17, 15) is 14.4 Å². The van der Waals surface area contributed by atoms with E-state index in [1.165, 1.54) is 17.4 Å². The zero-order valence-electron chi connectivity index (χ0n) is 44.2. The van der Waals surface area contributed by atoms with Gasteiger partial charge in [-0.3, -0.25) is 24.6 Å². The lowest BCUT2D eigenvalue weighted by Crippen LogP contribution is -2.49. The van der Waals surface area contributed by atoms with Crippen LogP contribution in [0, 0.1) is 32.4 Å². The van der Waals surface area contributed by atoms with Gasteiger partial charge in [-0.15, -0.1) is 11.3 Å². The molecule has 0 spiro atoms. The summed E-state index contributed by atoms with van der Waals surface area (Å²) >= 11 is 1.40. The highest BCUT2D eigenvalue weighted by atomic mass is 32.1. The Balaban J connectivity index is 0.640. The van der Waals surface area contributed by atoms with Gasteiger partial charge in [-0.25, -0.2) is 33.7 Å². The number of nitrogens with one attached hydrogen (secondary N) is 4. The van der Waals surface area contributed by atoms with Gasteiger partial charge in [0.05, 0.1) is 133 Å². The number of halogens is 2. The minimum Gasteiger partial charge on any atom is -0.379 e. The van der Waals surface area contributed by atoms with Crippen LogP contribution >= 0.6 is 11.3 Å². The maximum atomic E-state index is 15.2. The number of piperazine rings is 1. The molecule has 1 aliphatic rings. The van der Waals surface area contributed by atoms with E-state index in [1.807, 2.05) is 45.3 Å². The number of ether oxygens (including phenoxy) is 6. The molecule has 0 bridgehead atoms. The summed E-state index contributed by atoms with van der Waals surface area (Å²) < 4.78 is 65.4. The molecule has 0 atom stereocenters. The number of fused-ring (bicyclic) bond motifs is 1. The highest BCUT2D eigenvalue weighted by Gasteiger charge is 2.22. The molecule has 3 amide bonds. The molecular weight excluding hydrogens is 1020 g/mol. The lowest BCUT2D eigenvalue weighted by atomic mass is 10.1. The number of aryl methyl sites for hydroxylation is 3. The number of carbonyl (C=O) groups is 3. The van der Waals surface area contributed by atoms with Crippen molar-refractivity contribution in [1.82, 2.24) is 39.7 Å². The first-order valence-corrected chi connectivity index (χ1v) is 26.4. The van der Waals surface area contributed by atoms with E-state index in [0.717, 1.165) is 22.5 Å². The number of hydrogen-bond donors (Lipinski definition) is 4. The van der Waals surface area contributed by atoms with Crippen LogP contribution < -0.4 is 26.2 Å². The number of rotatable bonds is 31. The van der Waals surface area contributed by atoms with Crippen molar-refractivity contribution in [3.63, 3.8) is 0 Å². The first-order chi connectivity index (χ1) is 37.3. The fourth-order valence-electron chi connectivity index (χ4n) is 8.19. The number of imidazole rings is 1. The summed E-state index contributed by atoms with van der Waals surface area (Å²) in [6.07, 6.45) is 2.91. The molecule has 1 fully saturated rings. The molecular formula is C53H68F2N12O9S. The third-order valence-corrected chi connectivity index (χ3v) is 13.1. The monoisotopic (exact) mass is 1090 g/mol. The van der Waals surface area contributed by atoms with E-state index in [1.54, 1.807) is 42.6 Å². The van der Waals surface area contributed by atoms with Crippen LogP contribution in [0.2, 0.25) is 0 Å². The molecule has 0 aliphatic carbocycles. The van der Waals surface area contributed by atoms with Gasteiger partial charge in [0.2, 0.25) is 17.8 Å². The van der Waals surface area contributed by atoms with Crippen molar-refractivity contribution in [2.45, 2.75) is 47.1 Å². The molecule has 77 heavy (non-hydrogen) atoms. The molecule has 4 N–H and O–H groups in total. The third kappa shape index (κ3) is 17.7. The van der Waals surface area contributed by atoms with Crippen molar-refractivity contribution in [3.8, 4) is 11.3 Å². The molecule has 1 saturated heterocycles. The minimum atomic E-state index is -0.684. The Morgan fingerprint density at radius 3 is 1.97 bits per heavy atom. The van der Waals surface area contributed by atoms with Crippen LogP contribution in [0.4, 0.5) is 37.1 Å². The zero-order chi connectivity index (χ0) is 54.5. The number of nitrogens with zero attached hydrogens (tertiary/aromatic N) is 8. The Morgan fingerprint density at radius 1 is 0.701 bits per heavy atom. The van der Waals surface area contributed by atoms with Gasteiger partial charge in [-0.2, -0.15) is 0 Å². The molecule has 414 valence electrons. The zero-order valence-corrected chi connectivity index (χ0v) is 45.0. The average Bonchev–Trinajstić information content (AvgIpc) is 3.96. The number of carbonyl (C=O) groups excluding carboxylic acids is 3. The first kappa shape index (κ1) is 58.1. The van der Waals surface area contributed by atoms with Gasteiger partial charge in [0.15, 0.2) is 16.8 Å². The van der Waals surface area contributed by atoms with E-state index in [-0.39, 0.29) is 66.1 Å². The highest BCUT2D eigenvalue weighted by molar-refractivity contribution is 7.15. The largest absolute Gasteiger partial charge is 0.379 e. The van der Waals surface area contributed by atoms with Crippen molar-refractivity contribution in [2.24, 2.45) is 0 Å². The summed E-state index contributed by atoms with van der Waals surface area (Å²) in [6, 6.07) is 13.5. The highest BCUT2D eigenvalue weighted by Crippen LogP contribution is 2.31. The second kappa shape index (κ2) is 29.8. The quantitative estimate of drug-likeness (QED) is 0.0341. The second-order valence-corrected chi connectivity index (χ2v) is 19.3. The molecule has 1 aliphatic heterocycles.